The second-order valence-corrected chi connectivity index (χ2v) is 3.47. The van der Waals surface area contributed by atoms with Crippen LogP contribution in [-0.4, -0.2) is 14.6 Å². The number of rotatable bonds is 1. The zero-order valence-electron chi connectivity index (χ0n) is 7.59. The Morgan fingerprint density at radius 1 is 1.13 bits per heavy atom. The first-order chi connectivity index (χ1) is 7.34. The SMILES string of the molecule is Clc1nnc2ccc(-c3ccoc3)cn12. The van der Waals surface area contributed by atoms with Gasteiger partial charge in [-0.2, -0.15) is 0 Å². The fourth-order valence-corrected chi connectivity index (χ4v) is 1.64. The molecule has 0 bridgehead atoms. The van der Waals surface area contributed by atoms with Crippen molar-refractivity contribution in [1.29, 1.82) is 0 Å². The smallest absolute Gasteiger partial charge is 0.229 e. The highest BCUT2D eigenvalue weighted by atomic mass is 35.5. The zero-order chi connectivity index (χ0) is 10.3. The fourth-order valence-electron chi connectivity index (χ4n) is 1.46. The Morgan fingerprint density at radius 2 is 2.07 bits per heavy atom. The van der Waals surface area contributed by atoms with E-state index in [1.807, 2.05) is 24.4 Å². The van der Waals surface area contributed by atoms with Gasteiger partial charge in [0.05, 0.1) is 12.5 Å². The molecule has 0 radical (unpaired) electrons. The standard InChI is InChI=1S/C10H6ClN3O/c11-10-13-12-9-2-1-7(5-14(9)10)8-3-4-15-6-8/h1-6H. The molecule has 0 saturated heterocycles. The van der Waals surface area contributed by atoms with E-state index in [9.17, 15) is 0 Å². The second kappa shape index (κ2) is 3.10. The third-order valence-electron chi connectivity index (χ3n) is 2.22. The Labute approximate surface area is 90.1 Å². The number of pyridine rings is 1. The molecule has 0 aromatic carbocycles. The van der Waals surface area contributed by atoms with Gasteiger partial charge >= 0.3 is 0 Å². The van der Waals surface area contributed by atoms with Gasteiger partial charge in [-0.15, -0.1) is 10.2 Å². The summed E-state index contributed by atoms with van der Waals surface area (Å²) in [6, 6.07) is 5.70. The van der Waals surface area contributed by atoms with Gasteiger partial charge < -0.3 is 4.42 Å². The molecule has 15 heavy (non-hydrogen) atoms. The largest absolute Gasteiger partial charge is 0.472 e. The lowest BCUT2D eigenvalue weighted by Crippen LogP contribution is -1.85. The molecule has 0 saturated carbocycles. The summed E-state index contributed by atoms with van der Waals surface area (Å²) in [5.41, 5.74) is 2.74. The van der Waals surface area contributed by atoms with E-state index in [4.69, 9.17) is 16.0 Å². The molecule has 0 spiro atoms. The lowest BCUT2D eigenvalue weighted by molar-refractivity contribution is 0.568. The summed E-state index contributed by atoms with van der Waals surface area (Å²) in [6.07, 6.45) is 5.19. The van der Waals surface area contributed by atoms with E-state index in [2.05, 4.69) is 10.2 Å². The van der Waals surface area contributed by atoms with Crippen LogP contribution in [0, 0.1) is 0 Å². The van der Waals surface area contributed by atoms with Crippen LogP contribution in [0.25, 0.3) is 16.8 Å². The molecular formula is C10H6ClN3O. The van der Waals surface area contributed by atoms with Crippen LogP contribution in [0.2, 0.25) is 5.28 Å². The van der Waals surface area contributed by atoms with Crippen molar-refractivity contribution in [3.63, 3.8) is 0 Å². The van der Waals surface area contributed by atoms with Gasteiger partial charge in [0.15, 0.2) is 5.65 Å². The monoisotopic (exact) mass is 219 g/mol. The van der Waals surface area contributed by atoms with E-state index < -0.39 is 0 Å². The minimum atomic E-state index is 0.357. The van der Waals surface area contributed by atoms with Gasteiger partial charge in [0.2, 0.25) is 5.28 Å². The summed E-state index contributed by atoms with van der Waals surface area (Å²) >= 11 is 5.87. The maximum Gasteiger partial charge on any atom is 0.229 e. The summed E-state index contributed by atoms with van der Waals surface area (Å²) in [5, 5.41) is 8.03. The van der Waals surface area contributed by atoms with Crippen LogP contribution in [0.15, 0.2) is 41.3 Å². The summed E-state index contributed by atoms with van der Waals surface area (Å²) in [6.45, 7) is 0. The maximum absolute atomic E-state index is 5.87. The molecule has 0 N–H and O–H groups in total. The van der Waals surface area contributed by atoms with Crippen LogP contribution in [-0.2, 0) is 0 Å². The topological polar surface area (TPSA) is 43.3 Å². The first-order valence-corrected chi connectivity index (χ1v) is 4.75. The molecule has 0 fully saturated rings. The van der Waals surface area contributed by atoms with E-state index >= 15 is 0 Å². The lowest BCUT2D eigenvalue weighted by Gasteiger charge is -1.98. The van der Waals surface area contributed by atoms with Crippen molar-refractivity contribution in [2.75, 3.05) is 0 Å². The number of aromatic nitrogens is 3. The highest BCUT2D eigenvalue weighted by Crippen LogP contribution is 2.21. The van der Waals surface area contributed by atoms with Crippen molar-refractivity contribution in [1.82, 2.24) is 14.6 Å². The summed E-state index contributed by atoms with van der Waals surface area (Å²) < 4.78 is 6.75. The average molecular weight is 220 g/mol. The van der Waals surface area contributed by atoms with Gasteiger partial charge in [-0.1, -0.05) is 0 Å². The Morgan fingerprint density at radius 3 is 2.87 bits per heavy atom. The van der Waals surface area contributed by atoms with Crippen molar-refractivity contribution in [3.05, 3.63) is 42.2 Å². The highest BCUT2D eigenvalue weighted by molar-refractivity contribution is 6.28. The van der Waals surface area contributed by atoms with E-state index in [0.717, 1.165) is 16.8 Å². The van der Waals surface area contributed by atoms with Crippen molar-refractivity contribution >= 4 is 17.2 Å². The molecule has 0 aliphatic carbocycles. The summed E-state index contributed by atoms with van der Waals surface area (Å²) in [4.78, 5) is 0. The van der Waals surface area contributed by atoms with E-state index in [1.165, 1.54) is 0 Å². The third kappa shape index (κ3) is 1.30. The summed E-state index contributed by atoms with van der Waals surface area (Å²) in [5.74, 6) is 0. The number of furan rings is 1. The van der Waals surface area contributed by atoms with Gasteiger partial charge in [0, 0.05) is 17.3 Å². The predicted molar refractivity (Wildman–Crippen MR) is 55.7 cm³/mol. The van der Waals surface area contributed by atoms with Crippen molar-refractivity contribution in [2.24, 2.45) is 0 Å². The summed E-state index contributed by atoms with van der Waals surface area (Å²) in [7, 11) is 0. The van der Waals surface area contributed by atoms with Crippen LogP contribution < -0.4 is 0 Å². The molecule has 0 aliphatic heterocycles. The molecule has 3 aromatic heterocycles. The van der Waals surface area contributed by atoms with E-state index in [0.29, 0.717) is 5.28 Å². The quantitative estimate of drug-likeness (QED) is 0.632. The van der Waals surface area contributed by atoms with Gasteiger partial charge in [-0.25, -0.2) is 0 Å². The third-order valence-corrected chi connectivity index (χ3v) is 2.47. The molecule has 3 aromatic rings. The molecule has 0 amide bonds. The number of halogens is 1. The van der Waals surface area contributed by atoms with Gasteiger partial charge in [0.25, 0.3) is 0 Å². The maximum atomic E-state index is 5.87. The minimum Gasteiger partial charge on any atom is -0.472 e. The normalized spacial score (nSPS) is 11.0. The van der Waals surface area contributed by atoms with Gasteiger partial charge in [-0.3, -0.25) is 4.40 Å². The van der Waals surface area contributed by atoms with Crippen LogP contribution in [0.3, 0.4) is 0 Å². The average Bonchev–Trinajstić information content (AvgIpc) is 2.88. The van der Waals surface area contributed by atoms with Crippen LogP contribution in [0.4, 0.5) is 0 Å². The van der Waals surface area contributed by atoms with E-state index in [-0.39, 0.29) is 0 Å². The Hall–Kier alpha value is -1.81. The van der Waals surface area contributed by atoms with Crippen LogP contribution in [0.5, 0.6) is 0 Å². The first kappa shape index (κ1) is 8.49. The Balaban J connectivity index is 2.25. The molecule has 3 heterocycles. The number of hydrogen-bond acceptors (Lipinski definition) is 3. The minimum absolute atomic E-state index is 0.357. The number of fused-ring (bicyclic) bond motifs is 1. The number of hydrogen-bond donors (Lipinski definition) is 0. The predicted octanol–water partition coefficient (Wildman–Crippen LogP) is 2.64. The van der Waals surface area contributed by atoms with E-state index in [1.54, 1.807) is 16.9 Å². The van der Waals surface area contributed by atoms with Gasteiger partial charge in [-0.05, 0) is 29.8 Å². The van der Waals surface area contributed by atoms with Crippen molar-refractivity contribution < 1.29 is 4.42 Å². The Kier molecular flexibility index (Phi) is 1.76. The molecule has 4 nitrogen and oxygen atoms in total. The fraction of sp³-hybridized carbons (Fsp3) is 0. The molecule has 0 atom stereocenters. The highest BCUT2D eigenvalue weighted by Gasteiger charge is 2.04. The Bertz CT molecular complexity index is 600. The number of nitrogens with zero attached hydrogens (tertiary/aromatic N) is 3. The van der Waals surface area contributed by atoms with Crippen molar-refractivity contribution in [3.8, 4) is 11.1 Å². The van der Waals surface area contributed by atoms with Gasteiger partial charge in [0.1, 0.15) is 0 Å². The van der Waals surface area contributed by atoms with Crippen LogP contribution in [0.1, 0.15) is 0 Å². The molecule has 5 heteroatoms. The van der Waals surface area contributed by atoms with Crippen LogP contribution >= 0.6 is 11.6 Å². The molecule has 74 valence electrons. The first-order valence-electron chi connectivity index (χ1n) is 4.37. The molecule has 0 aliphatic rings. The molecule has 3 rings (SSSR count). The molecular weight excluding hydrogens is 214 g/mol. The molecule has 0 unspecified atom stereocenters. The zero-order valence-corrected chi connectivity index (χ0v) is 8.35. The second-order valence-electron chi connectivity index (χ2n) is 3.13. The van der Waals surface area contributed by atoms with Crippen molar-refractivity contribution in [2.45, 2.75) is 0 Å². The lowest BCUT2D eigenvalue weighted by atomic mass is 10.1.